The van der Waals surface area contributed by atoms with Crippen LogP contribution in [-0.4, -0.2) is 75.3 Å². The molecule has 182 valence electrons. The number of carbonyl (C=O) groups is 2. The number of nitrogens with zero attached hydrogens (tertiary/aromatic N) is 4. The van der Waals surface area contributed by atoms with E-state index in [-0.39, 0.29) is 56.0 Å². The average Bonchev–Trinajstić information content (AvgIpc) is 3.02. The molecule has 2 aliphatic rings. The molecule has 2 aliphatic heterocycles. The number of nitrogens with one attached hydrogen (secondary N) is 1. The van der Waals surface area contributed by atoms with Gasteiger partial charge in [0.1, 0.15) is 11.9 Å². The Balaban J connectivity index is 1.43. The number of halogens is 1. The maximum Gasteiger partial charge on any atom is 0.414 e. The van der Waals surface area contributed by atoms with Crippen molar-refractivity contribution in [2.45, 2.75) is 18.1 Å². The van der Waals surface area contributed by atoms with Crippen LogP contribution in [0.4, 0.5) is 20.6 Å². The van der Waals surface area contributed by atoms with E-state index < -0.39 is 28.0 Å². The van der Waals surface area contributed by atoms with E-state index in [0.717, 1.165) is 4.47 Å². The Labute approximate surface area is 196 Å². The number of hydrogen-bond donors (Lipinski definition) is 1. The molecule has 0 unspecified atom stereocenters. The van der Waals surface area contributed by atoms with Crippen molar-refractivity contribution in [2.24, 2.45) is 0 Å². The molecule has 2 fully saturated rings. The Morgan fingerprint density at radius 1 is 1.24 bits per heavy atom. The summed E-state index contributed by atoms with van der Waals surface area (Å²) in [5, 5.41) is 2.46. The van der Waals surface area contributed by atoms with Crippen LogP contribution >= 0.6 is 0 Å². The highest BCUT2D eigenvalue weighted by Crippen LogP contribution is 2.28. The molecule has 4 rings (SSSR count). The minimum Gasteiger partial charge on any atom is -0.442 e. The second-order valence-electron chi connectivity index (χ2n) is 7.71. The molecule has 0 bridgehead atoms. The van der Waals surface area contributed by atoms with Crippen LogP contribution in [0.2, 0.25) is 0 Å². The number of cyclic esters (lactones) is 1. The summed E-state index contributed by atoms with van der Waals surface area (Å²) in [6.07, 6.45) is 0.224. The number of carbonyl (C=O) groups excluding carboxylic acids is 2. The lowest BCUT2D eigenvalue weighted by Crippen LogP contribution is -2.35. The Hall–Kier alpha value is -3.29. The van der Waals surface area contributed by atoms with Gasteiger partial charge in [-0.3, -0.25) is 14.5 Å². The zero-order valence-electron chi connectivity index (χ0n) is 18.4. The monoisotopic (exact) mass is 493 g/mol. The van der Waals surface area contributed by atoms with E-state index in [1.807, 2.05) is 0 Å². The zero-order chi connectivity index (χ0) is 24.3. The van der Waals surface area contributed by atoms with Crippen molar-refractivity contribution in [1.29, 1.82) is 0 Å². The number of benzene rings is 1. The summed E-state index contributed by atoms with van der Waals surface area (Å²) in [5.74, 6) is -0.811. The van der Waals surface area contributed by atoms with Crippen molar-refractivity contribution in [3.8, 4) is 0 Å². The predicted molar refractivity (Wildman–Crippen MR) is 119 cm³/mol. The summed E-state index contributed by atoms with van der Waals surface area (Å²) in [7, 11) is -3.95. The highest BCUT2D eigenvalue weighted by molar-refractivity contribution is 7.88. The first-order valence-electron chi connectivity index (χ1n) is 10.6. The topological polar surface area (TPSA) is 121 Å². The summed E-state index contributed by atoms with van der Waals surface area (Å²) in [6.45, 7) is 2.16. The molecule has 0 aliphatic carbocycles. The molecule has 13 heteroatoms. The molecule has 2 amide bonds. The fraction of sp³-hybridized carbons (Fsp3) is 0.381. The summed E-state index contributed by atoms with van der Waals surface area (Å²) in [6, 6.07) is 8.91. The highest BCUT2D eigenvalue weighted by Gasteiger charge is 2.33. The smallest absolute Gasteiger partial charge is 0.414 e. The molecule has 1 aromatic carbocycles. The van der Waals surface area contributed by atoms with Gasteiger partial charge in [-0.25, -0.2) is 22.6 Å². The van der Waals surface area contributed by atoms with Gasteiger partial charge in [-0.05, 0) is 30.3 Å². The lowest BCUT2D eigenvalue weighted by molar-refractivity contribution is -0.119. The lowest BCUT2D eigenvalue weighted by atomic mass is 10.2. The van der Waals surface area contributed by atoms with Gasteiger partial charge in [0.15, 0.2) is 5.03 Å². The van der Waals surface area contributed by atoms with Crippen LogP contribution in [0.1, 0.15) is 6.92 Å². The third kappa shape index (κ3) is 5.11. The van der Waals surface area contributed by atoms with Crippen molar-refractivity contribution in [1.82, 2.24) is 14.8 Å². The second-order valence-corrected chi connectivity index (χ2v) is 9.48. The number of sulfonamides is 1. The quantitative estimate of drug-likeness (QED) is 0.636. The molecule has 2 aromatic rings. The second kappa shape index (κ2) is 9.91. The van der Waals surface area contributed by atoms with Gasteiger partial charge >= 0.3 is 6.09 Å². The number of ether oxygens (including phenoxy) is 1. The van der Waals surface area contributed by atoms with Gasteiger partial charge in [-0.15, -0.1) is 0 Å². The molecule has 0 radical (unpaired) electrons. The number of aromatic nitrogens is 1. The van der Waals surface area contributed by atoms with E-state index in [4.69, 9.17) is 9.57 Å². The molecule has 3 heterocycles. The number of hydroxylamine groups is 1. The molecule has 1 atom stereocenters. The van der Waals surface area contributed by atoms with Crippen LogP contribution in [0.25, 0.3) is 0 Å². The van der Waals surface area contributed by atoms with Crippen LogP contribution in [0, 0.1) is 5.82 Å². The lowest BCUT2D eigenvalue weighted by Gasteiger charge is -2.23. The molecule has 1 aromatic heterocycles. The fourth-order valence-corrected chi connectivity index (χ4v) is 4.87. The molecule has 11 nitrogen and oxygen atoms in total. The third-order valence-corrected chi connectivity index (χ3v) is 6.95. The molecular weight excluding hydrogens is 469 g/mol. The first kappa shape index (κ1) is 23.9. The van der Waals surface area contributed by atoms with Gasteiger partial charge in [0.05, 0.1) is 37.6 Å². The van der Waals surface area contributed by atoms with E-state index in [1.54, 1.807) is 23.1 Å². The third-order valence-electron chi connectivity index (χ3n) is 5.36. The molecule has 2 saturated heterocycles. The standard InChI is InChI=1S/C21H24FN5O6S/c1-15(28)24-13-17-14-26(21(29)33-17)16-5-6-19(18(22)12-16)25-8-9-27(32-11-10-25)34(30,31)20-4-2-3-7-23-20/h2-7,12,17H,8-11,13-14H2,1H3,(H,24,28)/t17-/m0/s1. The summed E-state index contributed by atoms with van der Waals surface area (Å²) in [4.78, 5) is 35.5. The largest absolute Gasteiger partial charge is 0.442 e. The molecule has 34 heavy (non-hydrogen) atoms. The number of anilines is 2. The molecule has 0 saturated carbocycles. The van der Waals surface area contributed by atoms with Gasteiger partial charge in [0, 0.05) is 26.2 Å². The van der Waals surface area contributed by atoms with Gasteiger partial charge < -0.3 is 15.0 Å². The summed E-state index contributed by atoms with van der Waals surface area (Å²) in [5.41, 5.74) is 0.578. The van der Waals surface area contributed by atoms with Crippen molar-refractivity contribution >= 4 is 33.4 Å². The van der Waals surface area contributed by atoms with Crippen LogP contribution in [0.3, 0.4) is 0 Å². The Kier molecular flexibility index (Phi) is 6.95. The SMILES string of the molecule is CC(=O)NC[C@H]1CN(c2ccc(N3CCON(S(=O)(=O)c4ccccn4)CC3)c(F)c2)C(=O)O1. The predicted octanol–water partition coefficient (Wildman–Crippen LogP) is 1.12. The number of hydrogen-bond acceptors (Lipinski definition) is 8. The average molecular weight is 494 g/mol. The first-order chi connectivity index (χ1) is 16.3. The number of amides is 2. The Morgan fingerprint density at radius 2 is 2.06 bits per heavy atom. The van der Waals surface area contributed by atoms with Crippen molar-refractivity contribution in [2.75, 3.05) is 49.1 Å². The van der Waals surface area contributed by atoms with E-state index in [0.29, 0.717) is 5.69 Å². The van der Waals surface area contributed by atoms with Crippen LogP contribution in [0.5, 0.6) is 0 Å². The van der Waals surface area contributed by atoms with E-state index in [9.17, 15) is 18.0 Å². The normalized spacial score (nSPS) is 19.6. The first-order valence-corrected chi connectivity index (χ1v) is 12.0. The Morgan fingerprint density at radius 3 is 2.76 bits per heavy atom. The van der Waals surface area contributed by atoms with E-state index >= 15 is 4.39 Å². The number of pyridine rings is 1. The molecular formula is C21H24FN5O6S. The Bertz CT molecular complexity index is 1170. The summed E-state index contributed by atoms with van der Waals surface area (Å²) < 4.78 is 46.6. The van der Waals surface area contributed by atoms with Gasteiger partial charge in [0.2, 0.25) is 5.91 Å². The van der Waals surface area contributed by atoms with Gasteiger partial charge in [-0.2, -0.15) is 0 Å². The van der Waals surface area contributed by atoms with Crippen molar-refractivity contribution in [3.63, 3.8) is 0 Å². The fourth-order valence-electron chi connectivity index (χ4n) is 3.68. The van der Waals surface area contributed by atoms with E-state index in [1.165, 1.54) is 36.2 Å². The minimum absolute atomic E-state index is 0.0243. The van der Waals surface area contributed by atoms with Crippen molar-refractivity contribution in [3.05, 3.63) is 48.4 Å². The van der Waals surface area contributed by atoms with Crippen LogP contribution < -0.4 is 15.1 Å². The number of rotatable bonds is 6. The van der Waals surface area contributed by atoms with Crippen LogP contribution in [0.15, 0.2) is 47.6 Å². The maximum atomic E-state index is 15.0. The molecule has 1 N–H and O–H groups in total. The van der Waals surface area contributed by atoms with E-state index in [2.05, 4.69) is 10.3 Å². The van der Waals surface area contributed by atoms with Gasteiger partial charge in [0.25, 0.3) is 10.0 Å². The highest BCUT2D eigenvalue weighted by atomic mass is 32.2. The zero-order valence-corrected chi connectivity index (χ0v) is 19.2. The summed E-state index contributed by atoms with van der Waals surface area (Å²) >= 11 is 0. The molecule has 0 spiro atoms. The van der Waals surface area contributed by atoms with Gasteiger partial charge in [-0.1, -0.05) is 10.5 Å². The minimum atomic E-state index is -3.95. The van der Waals surface area contributed by atoms with Crippen LogP contribution in [-0.2, 0) is 24.4 Å². The maximum absolute atomic E-state index is 15.0. The van der Waals surface area contributed by atoms with Crippen molar-refractivity contribution < 1.29 is 32.0 Å².